The Morgan fingerprint density at radius 2 is 2.05 bits per heavy atom. The smallest absolute Gasteiger partial charge is 0.229 e. The second kappa shape index (κ2) is 5.05. The number of carbonyl (C=O) groups is 1. The van der Waals surface area contributed by atoms with E-state index in [1.165, 1.54) is 0 Å². The van der Waals surface area contributed by atoms with Crippen molar-refractivity contribution < 1.29 is 9.21 Å². The Morgan fingerprint density at radius 3 is 2.74 bits per heavy atom. The average molecular weight is 260 g/mol. The number of hydrogen-bond donors (Lipinski definition) is 1. The molecule has 1 heterocycles. The molecule has 0 unspecified atom stereocenters. The van der Waals surface area contributed by atoms with Crippen molar-refractivity contribution in [3.05, 3.63) is 36.1 Å². The first-order chi connectivity index (χ1) is 8.95. The number of carbonyl (C=O) groups excluding carboxylic acids is 1. The number of hydrogen-bond acceptors (Lipinski definition) is 3. The van der Waals surface area contributed by atoms with E-state index in [9.17, 15) is 4.79 Å². The second-order valence-electron chi connectivity index (χ2n) is 5.51. The van der Waals surface area contributed by atoms with E-state index in [-0.39, 0.29) is 5.91 Å². The van der Waals surface area contributed by atoms with Crippen LogP contribution in [0.2, 0.25) is 0 Å². The van der Waals surface area contributed by atoms with Crippen LogP contribution in [0, 0.1) is 5.41 Å². The highest BCUT2D eigenvalue weighted by Crippen LogP contribution is 2.23. The van der Waals surface area contributed by atoms with Crippen molar-refractivity contribution in [2.45, 2.75) is 20.4 Å². The van der Waals surface area contributed by atoms with Crippen molar-refractivity contribution in [1.82, 2.24) is 4.90 Å². The molecule has 4 heteroatoms. The molecular formula is C15H20N2O2. The first kappa shape index (κ1) is 13.6. The van der Waals surface area contributed by atoms with Crippen molar-refractivity contribution in [3.8, 4) is 0 Å². The molecule has 2 aromatic rings. The number of furan rings is 1. The largest absolute Gasteiger partial charge is 0.464 e. The van der Waals surface area contributed by atoms with Gasteiger partial charge in [0.05, 0.1) is 11.7 Å². The summed E-state index contributed by atoms with van der Waals surface area (Å²) in [7, 11) is 1.79. The highest BCUT2D eigenvalue weighted by atomic mass is 16.3. The minimum absolute atomic E-state index is 0.0419. The van der Waals surface area contributed by atoms with Crippen molar-refractivity contribution in [2.24, 2.45) is 11.1 Å². The molecule has 0 aliphatic heterocycles. The summed E-state index contributed by atoms with van der Waals surface area (Å²) in [4.78, 5) is 14.0. The van der Waals surface area contributed by atoms with Crippen molar-refractivity contribution >= 4 is 16.9 Å². The molecule has 0 spiro atoms. The van der Waals surface area contributed by atoms with E-state index in [1.54, 1.807) is 18.2 Å². The standard InChI is InChI=1S/C15H20N2O2/c1-15(2,10-16)14(18)17(3)8-11-9-19-13-7-5-4-6-12(11)13/h4-7,9H,8,10,16H2,1-3H3. The summed E-state index contributed by atoms with van der Waals surface area (Å²) in [5, 5.41) is 1.05. The highest BCUT2D eigenvalue weighted by Gasteiger charge is 2.29. The van der Waals surface area contributed by atoms with Crippen LogP contribution in [0.1, 0.15) is 19.4 Å². The summed E-state index contributed by atoms with van der Waals surface area (Å²) in [5.41, 5.74) is 6.97. The molecule has 0 atom stereocenters. The van der Waals surface area contributed by atoms with Crippen LogP contribution < -0.4 is 5.73 Å². The normalized spacial score (nSPS) is 11.8. The minimum Gasteiger partial charge on any atom is -0.464 e. The Balaban J connectivity index is 2.19. The molecule has 1 amide bonds. The minimum atomic E-state index is -0.533. The van der Waals surface area contributed by atoms with Gasteiger partial charge < -0.3 is 15.1 Å². The molecule has 2 rings (SSSR count). The zero-order valence-corrected chi connectivity index (χ0v) is 11.6. The lowest BCUT2D eigenvalue weighted by Gasteiger charge is -2.27. The van der Waals surface area contributed by atoms with Gasteiger partial charge in [0.15, 0.2) is 0 Å². The number of rotatable bonds is 4. The van der Waals surface area contributed by atoms with Crippen LogP contribution in [0.3, 0.4) is 0 Å². The molecule has 0 aliphatic carbocycles. The zero-order valence-electron chi connectivity index (χ0n) is 11.6. The molecule has 19 heavy (non-hydrogen) atoms. The number of nitrogens with zero attached hydrogens (tertiary/aromatic N) is 1. The fourth-order valence-corrected chi connectivity index (χ4v) is 2.09. The molecule has 102 valence electrons. The van der Waals surface area contributed by atoms with Crippen LogP contribution in [-0.4, -0.2) is 24.4 Å². The number of para-hydroxylation sites is 1. The summed E-state index contributed by atoms with van der Waals surface area (Å²) in [6, 6.07) is 7.82. The van der Waals surface area contributed by atoms with Gasteiger partial charge in [0, 0.05) is 31.1 Å². The fraction of sp³-hybridized carbons (Fsp3) is 0.400. The molecule has 0 saturated carbocycles. The maximum absolute atomic E-state index is 12.3. The molecule has 0 fully saturated rings. The molecular weight excluding hydrogens is 240 g/mol. The molecule has 0 aliphatic rings. The maximum Gasteiger partial charge on any atom is 0.229 e. The van der Waals surface area contributed by atoms with Crippen LogP contribution in [-0.2, 0) is 11.3 Å². The predicted molar refractivity (Wildman–Crippen MR) is 75.5 cm³/mol. The monoisotopic (exact) mass is 260 g/mol. The number of amides is 1. The number of benzene rings is 1. The van der Waals surface area contributed by atoms with Gasteiger partial charge in [0.2, 0.25) is 5.91 Å². The van der Waals surface area contributed by atoms with Gasteiger partial charge in [-0.3, -0.25) is 4.79 Å². The fourth-order valence-electron chi connectivity index (χ4n) is 2.09. The Kier molecular flexibility index (Phi) is 3.62. The van der Waals surface area contributed by atoms with E-state index >= 15 is 0 Å². The van der Waals surface area contributed by atoms with E-state index in [1.807, 2.05) is 38.1 Å². The summed E-state index contributed by atoms with van der Waals surface area (Å²) in [5.74, 6) is 0.0419. The van der Waals surface area contributed by atoms with Gasteiger partial charge in [-0.25, -0.2) is 0 Å². The third-order valence-corrected chi connectivity index (χ3v) is 3.40. The third-order valence-electron chi connectivity index (χ3n) is 3.40. The first-order valence-corrected chi connectivity index (χ1v) is 6.36. The van der Waals surface area contributed by atoms with Crippen LogP contribution >= 0.6 is 0 Å². The van der Waals surface area contributed by atoms with Crippen molar-refractivity contribution in [2.75, 3.05) is 13.6 Å². The van der Waals surface area contributed by atoms with Crippen molar-refractivity contribution in [3.63, 3.8) is 0 Å². The van der Waals surface area contributed by atoms with Gasteiger partial charge in [-0.15, -0.1) is 0 Å². The molecule has 0 radical (unpaired) electrons. The van der Waals surface area contributed by atoms with E-state index in [0.29, 0.717) is 13.1 Å². The van der Waals surface area contributed by atoms with Gasteiger partial charge in [0.25, 0.3) is 0 Å². The summed E-state index contributed by atoms with van der Waals surface area (Å²) < 4.78 is 5.48. The SMILES string of the molecule is CN(Cc1coc2ccccc12)C(=O)C(C)(C)CN. The second-order valence-corrected chi connectivity index (χ2v) is 5.51. The van der Waals surface area contributed by atoms with Gasteiger partial charge in [-0.05, 0) is 19.9 Å². The zero-order chi connectivity index (χ0) is 14.0. The lowest BCUT2D eigenvalue weighted by Crippen LogP contribution is -2.42. The van der Waals surface area contributed by atoms with E-state index in [0.717, 1.165) is 16.5 Å². The van der Waals surface area contributed by atoms with E-state index in [4.69, 9.17) is 10.2 Å². The summed E-state index contributed by atoms with van der Waals surface area (Å²) >= 11 is 0. The Hall–Kier alpha value is -1.81. The predicted octanol–water partition coefficient (Wildman–Crippen LogP) is 2.38. The van der Waals surface area contributed by atoms with Crippen LogP contribution in [0.25, 0.3) is 11.0 Å². The maximum atomic E-state index is 12.3. The van der Waals surface area contributed by atoms with Crippen molar-refractivity contribution in [1.29, 1.82) is 0 Å². The Morgan fingerprint density at radius 1 is 1.37 bits per heavy atom. The summed E-state index contributed by atoms with van der Waals surface area (Å²) in [6.07, 6.45) is 1.71. The lowest BCUT2D eigenvalue weighted by atomic mass is 9.92. The van der Waals surface area contributed by atoms with Crippen LogP contribution in [0.5, 0.6) is 0 Å². The number of fused-ring (bicyclic) bond motifs is 1. The van der Waals surface area contributed by atoms with Crippen LogP contribution in [0.4, 0.5) is 0 Å². The lowest BCUT2D eigenvalue weighted by molar-refractivity contribution is -0.139. The molecule has 1 aromatic heterocycles. The van der Waals surface area contributed by atoms with E-state index < -0.39 is 5.41 Å². The summed E-state index contributed by atoms with van der Waals surface area (Å²) in [6.45, 7) is 4.58. The topological polar surface area (TPSA) is 59.5 Å². The average Bonchev–Trinajstić information content (AvgIpc) is 2.81. The Bertz CT molecular complexity index is 587. The third kappa shape index (κ3) is 2.63. The highest BCUT2D eigenvalue weighted by molar-refractivity contribution is 5.84. The molecule has 0 bridgehead atoms. The molecule has 2 N–H and O–H groups in total. The van der Waals surface area contributed by atoms with Gasteiger partial charge in [-0.2, -0.15) is 0 Å². The molecule has 4 nitrogen and oxygen atoms in total. The number of nitrogens with two attached hydrogens (primary N) is 1. The van der Waals surface area contributed by atoms with E-state index in [2.05, 4.69) is 0 Å². The molecule has 0 saturated heterocycles. The quantitative estimate of drug-likeness (QED) is 0.918. The Labute approximate surface area is 113 Å². The van der Waals surface area contributed by atoms with Gasteiger partial charge >= 0.3 is 0 Å². The molecule has 1 aromatic carbocycles. The van der Waals surface area contributed by atoms with Gasteiger partial charge in [-0.1, -0.05) is 18.2 Å². The van der Waals surface area contributed by atoms with Crippen LogP contribution in [0.15, 0.2) is 34.9 Å². The first-order valence-electron chi connectivity index (χ1n) is 6.36. The van der Waals surface area contributed by atoms with Gasteiger partial charge in [0.1, 0.15) is 5.58 Å².